The number of amides is 2. The van der Waals surface area contributed by atoms with E-state index in [0.717, 1.165) is 45.8 Å². The normalized spacial score (nSPS) is 18.0. The smallest absolute Gasteiger partial charge is 0.261 e. The summed E-state index contributed by atoms with van der Waals surface area (Å²) in [5.74, 6) is 4.15. The van der Waals surface area contributed by atoms with Crippen molar-refractivity contribution < 1.29 is 28.5 Å². The molecule has 55 heavy (non-hydrogen) atoms. The first-order valence-electron chi connectivity index (χ1n) is 18.2. The van der Waals surface area contributed by atoms with Crippen molar-refractivity contribution in [3.63, 3.8) is 0 Å². The molecule has 0 aliphatic carbocycles. The minimum Gasteiger partial charge on any atom is -0.493 e. The summed E-state index contributed by atoms with van der Waals surface area (Å²) in [5.41, 5.74) is 8.81. The summed E-state index contributed by atoms with van der Waals surface area (Å²) in [6.07, 6.45) is 12.2. The van der Waals surface area contributed by atoms with Crippen molar-refractivity contribution in [2.24, 2.45) is 4.99 Å². The van der Waals surface area contributed by atoms with Crippen LogP contribution < -0.4 is 34.5 Å². The number of carbonyl (C=O) groups excluding carboxylic acids is 2. The molecule has 0 unspecified atom stereocenters. The molecule has 2 atom stereocenters. The Bertz CT molecular complexity index is 2360. The number of terminal acetylenes is 1. The third-order valence-electron chi connectivity index (χ3n) is 10.5. The maximum Gasteiger partial charge on any atom is 0.261 e. The summed E-state index contributed by atoms with van der Waals surface area (Å²) >= 11 is 0. The van der Waals surface area contributed by atoms with Crippen molar-refractivity contribution in [3.05, 3.63) is 118 Å². The zero-order valence-electron chi connectivity index (χ0n) is 31.1. The molecule has 0 aromatic heterocycles. The fourth-order valence-corrected chi connectivity index (χ4v) is 7.84. The van der Waals surface area contributed by atoms with E-state index in [4.69, 9.17) is 30.4 Å². The van der Waals surface area contributed by atoms with Crippen LogP contribution in [0.1, 0.15) is 50.8 Å². The summed E-state index contributed by atoms with van der Waals surface area (Å²) in [5, 5.41) is 6.69. The van der Waals surface area contributed by atoms with Gasteiger partial charge in [0.1, 0.15) is 13.2 Å². The second kappa shape index (κ2) is 14.6. The van der Waals surface area contributed by atoms with Crippen molar-refractivity contribution in [1.82, 2.24) is 4.90 Å². The summed E-state index contributed by atoms with van der Waals surface area (Å²) in [7, 11) is 4.97. The number of nitrogens with zero attached hydrogens (tertiary/aromatic N) is 3. The van der Waals surface area contributed by atoms with Gasteiger partial charge in [-0.3, -0.25) is 19.5 Å². The Kier molecular flexibility index (Phi) is 9.41. The number of fused-ring (bicyclic) bond motifs is 6. The molecule has 0 bridgehead atoms. The van der Waals surface area contributed by atoms with Crippen LogP contribution in [-0.4, -0.2) is 62.8 Å². The first-order valence-corrected chi connectivity index (χ1v) is 18.2. The minimum absolute atomic E-state index is 0.0329. The molecule has 4 aromatic carbocycles. The Hall–Kier alpha value is -6.67. The van der Waals surface area contributed by atoms with Gasteiger partial charge in [0.2, 0.25) is 0 Å². The summed E-state index contributed by atoms with van der Waals surface area (Å²) in [6.45, 7) is 3.05. The van der Waals surface area contributed by atoms with Gasteiger partial charge in [0, 0.05) is 55.4 Å². The lowest BCUT2D eigenvalue weighted by Crippen LogP contribution is -2.37. The molecule has 4 heterocycles. The van der Waals surface area contributed by atoms with Gasteiger partial charge in [-0.15, -0.1) is 6.42 Å². The molecule has 8 rings (SSSR count). The van der Waals surface area contributed by atoms with E-state index in [1.807, 2.05) is 78.5 Å². The molecule has 0 radical (unpaired) electrons. The van der Waals surface area contributed by atoms with E-state index >= 15 is 0 Å². The topological polar surface area (TPSA) is 114 Å². The van der Waals surface area contributed by atoms with Crippen LogP contribution in [0.5, 0.6) is 23.0 Å². The lowest BCUT2D eigenvalue weighted by atomic mass is 10.1. The van der Waals surface area contributed by atoms with Crippen molar-refractivity contribution >= 4 is 40.8 Å². The molecule has 0 saturated heterocycles. The van der Waals surface area contributed by atoms with Gasteiger partial charge in [0.25, 0.3) is 11.8 Å². The molecular weight excluding hydrogens is 695 g/mol. The summed E-state index contributed by atoms with van der Waals surface area (Å²) in [4.78, 5) is 36.1. The predicted octanol–water partition coefficient (Wildman–Crippen LogP) is 7.29. The van der Waals surface area contributed by atoms with Crippen LogP contribution in [0.4, 0.5) is 22.7 Å². The Labute approximate surface area is 320 Å². The monoisotopic (exact) mass is 735 g/mol. The third-order valence-corrected chi connectivity index (χ3v) is 10.5. The number of rotatable bonds is 10. The van der Waals surface area contributed by atoms with E-state index in [2.05, 4.69) is 22.6 Å². The number of benzene rings is 4. The number of anilines is 3. The van der Waals surface area contributed by atoms with Crippen molar-refractivity contribution in [2.75, 3.05) is 43.3 Å². The first kappa shape index (κ1) is 35.4. The summed E-state index contributed by atoms with van der Waals surface area (Å²) < 4.78 is 24.1. The fraction of sp³-hybridized carbons (Fsp3) is 0.250. The molecule has 2 amide bonds. The fourth-order valence-electron chi connectivity index (χ4n) is 7.84. The SMILES string of the molecule is C#C/C=C\C1=C(C)C[C@H]2CNc3cc(OCc4cc(COc5cc6c(cc5OC)C(=O)N5c7ccccc7C[C@H]5C=N6)cc(NC)c4)c(OC)cc3C(=O)N12. The Balaban J connectivity index is 1.00. The van der Waals surface area contributed by atoms with Gasteiger partial charge in [-0.1, -0.05) is 24.1 Å². The number of aliphatic imine (C=N–C) groups is 1. The van der Waals surface area contributed by atoms with Gasteiger partial charge in [-0.2, -0.15) is 0 Å². The maximum absolute atomic E-state index is 13.9. The largest absolute Gasteiger partial charge is 0.493 e. The summed E-state index contributed by atoms with van der Waals surface area (Å²) in [6, 6.07) is 20.8. The van der Waals surface area contributed by atoms with Gasteiger partial charge >= 0.3 is 0 Å². The number of carbonyl (C=O) groups is 2. The van der Waals surface area contributed by atoms with Gasteiger partial charge in [0.15, 0.2) is 23.0 Å². The Morgan fingerprint density at radius 1 is 0.891 bits per heavy atom. The van der Waals surface area contributed by atoms with Crippen LogP contribution >= 0.6 is 0 Å². The van der Waals surface area contributed by atoms with Gasteiger partial charge in [-0.25, -0.2) is 0 Å². The second-order valence-corrected chi connectivity index (χ2v) is 13.9. The van der Waals surface area contributed by atoms with Gasteiger partial charge in [-0.05, 0) is 84.2 Å². The molecule has 11 heteroatoms. The van der Waals surface area contributed by atoms with Gasteiger partial charge < -0.3 is 34.5 Å². The predicted molar refractivity (Wildman–Crippen MR) is 213 cm³/mol. The second-order valence-electron chi connectivity index (χ2n) is 13.9. The zero-order chi connectivity index (χ0) is 38.2. The molecule has 11 nitrogen and oxygen atoms in total. The molecule has 0 spiro atoms. The number of para-hydroxylation sites is 1. The standard InChI is InChI=1S/C44H41N5O6/c1-6-7-11-37-26(2)13-31-22-46-35-20-41(39(52-4)18-33(35)43(50)48(31)37)54-24-27-14-28(16-30(15-27)45-3)25-55-42-21-36-34(19-40(42)53-5)44(51)49-32(23-47-36)17-29-10-8-9-12-38(29)49/h1,7-12,14-16,18-21,23,31-32,45-46H,13,17,22,24-25H2,2-5H3/b11-7-/t31-,32-/m0/s1. The Morgan fingerprint density at radius 2 is 1.58 bits per heavy atom. The zero-order valence-corrected chi connectivity index (χ0v) is 31.1. The quantitative estimate of drug-likeness (QED) is 0.163. The Morgan fingerprint density at radius 3 is 2.29 bits per heavy atom. The molecule has 0 fully saturated rings. The lowest BCUT2D eigenvalue weighted by molar-refractivity contribution is 0.0784. The number of nitrogens with one attached hydrogen (secondary N) is 2. The van der Waals surface area contributed by atoms with Crippen LogP contribution in [0.2, 0.25) is 0 Å². The number of ether oxygens (including phenoxy) is 4. The number of allylic oxidation sites excluding steroid dienone is 2. The highest BCUT2D eigenvalue weighted by Crippen LogP contribution is 2.42. The van der Waals surface area contributed by atoms with E-state index in [1.165, 1.54) is 0 Å². The molecule has 2 N–H and O–H groups in total. The van der Waals surface area contributed by atoms with E-state index in [0.29, 0.717) is 58.5 Å². The van der Waals surface area contributed by atoms with Gasteiger partial charge in [0.05, 0.1) is 48.8 Å². The molecule has 278 valence electrons. The number of hydrogen-bond acceptors (Lipinski definition) is 9. The maximum atomic E-state index is 13.9. The van der Waals surface area contributed by atoms with Crippen LogP contribution in [0.25, 0.3) is 0 Å². The van der Waals surface area contributed by atoms with E-state index in [1.54, 1.807) is 38.5 Å². The molecule has 0 saturated carbocycles. The molecule has 4 aromatic rings. The molecule has 4 aliphatic rings. The van der Waals surface area contributed by atoms with E-state index in [9.17, 15) is 9.59 Å². The minimum atomic E-state index is -0.156. The van der Waals surface area contributed by atoms with Crippen LogP contribution in [0.3, 0.4) is 0 Å². The third kappa shape index (κ3) is 6.50. The van der Waals surface area contributed by atoms with E-state index in [-0.39, 0.29) is 37.1 Å². The highest BCUT2D eigenvalue weighted by atomic mass is 16.5. The number of methoxy groups -OCH3 is 2. The van der Waals surface area contributed by atoms with E-state index < -0.39 is 0 Å². The van der Waals surface area contributed by atoms with Crippen LogP contribution in [0.15, 0.2) is 95.1 Å². The van der Waals surface area contributed by atoms with Crippen LogP contribution in [-0.2, 0) is 19.6 Å². The first-order chi connectivity index (χ1) is 26.8. The highest BCUT2D eigenvalue weighted by Gasteiger charge is 2.38. The van der Waals surface area contributed by atoms with Crippen LogP contribution in [0, 0.1) is 12.3 Å². The molecular formula is C44H41N5O6. The van der Waals surface area contributed by atoms with Crippen molar-refractivity contribution in [1.29, 1.82) is 0 Å². The number of hydrogen-bond donors (Lipinski definition) is 2. The van der Waals surface area contributed by atoms with Crippen molar-refractivity contribution in [2.45, 2.75) is 45.1 Å². The lowest BCUT2D eigenvalue weighted by Gasteiger charge is -2.24. The van der Waals surface area contributed by atoms with Crippen molar-refractivity contribution in [3.8, 4) is 35.3 Å². The average Bonchev–Trinajstić information content (AvgIpc) is 3.66. The average molecular weight is 736 g/mol. The molecule has 4 aliphatic heterocycles. The highest BCUT2D eigenvalue weighted by molar-refractivity contribution is 6.14.